The monoisotopic (exact) mass is 226 g/mol. The summed E-state index contributed by atoms with van der Waals surface area (Å²) in [6.45, 7) is 4.05. The molecule has 2 heteroatoms. The summed E-state index contributed by atoms with van der Waals surface area (Å²) in [4.78, 5) is 4.38. The van der Waals surface area contributed by atoms with Gasteiger partial charge in [0.05, 0.1) is 0 Å². The first-order valence-corrected chi connectivity index (χ1v) is 6.07. The van der Waals surface area contributed by atoms with Gasteiger partial charge in [-0.3, -0.25) is 4.98 Å². The van der Waals surface area contributed by atoms with Gasteiger partial charge in [-0.15, -0.1) is 0 Å². The van der Waals surface area contributed by atoms with Gasteiger partial charge in [-0.2, -0.15) is 0 Å². The lowest BCUT2D eigenvalue weighted by atomic mass is 10.0. The van der Waals surface area contributed by atoms with Gasteiger partial charge in [0.1, 0.15) is 0 Å². The van der Waals surface area contributed by atoms with Crippen molar-refractivity contribution < 1.29 is 0 Å². The third-order valence-electron chi connectivity index (χ3n) is 2.78. The number of aromatic nitrogens is 1. The summed E-state index contributed by atoms with van der Waals surface area (Å²) in [5.41, 5.74) is 3.84. The van der Waals surface area contributed by atoms with Crippen molar-refractivity contribution in [1.82, 2.24) is 10.3 Å². The van der Waals surface area contributed by atoms with Gasteiger partial charge in [-0.25, -0.2) is 0 Å². The van der Waals surface area contributed by atoms with E-state index in [9.17, 15) is 0 Å². The molecule has 0 amide bonds. The molecular weight excluding hydrogens is 208 g/mol. The molecule has 1 aromatic heterocycles. The van der Waals surface area contributed by atoms with Crippen LogP contribution in [0.5, 0.6) is 0 Å². The number of benzene rings is 1. The zero-order valence-corrected chi connectivity index (χ0v) is 10.2. The number of nitrogens with one attached hydrogen (secondary N) is 1. The Morgan fingerprint density at radius 2 is 1.76 bits per heavy atom. The molecule has 88 valence electrons. The molecule has 0 aliphatic heterocycles. The predicted molar refractivity (Wildman–Crippen MR) is 70.9 cm³/mol. The van der Waals surface area contributed by atoms with Crippen LogP contribution in [0.25, 0.3) is 0 Å². The van der Waals surface area contributed by atoms with Gasteiger partial charge in [0.15, 0.2) is 0 Å². The van der Waals surface area contributed by atoms with Crippen molar-refractivity contribution in [3.63, 3.8) is 0 Å². The Hall–Kier alpha value is -1.67. The summed E-state index contributed by atoms with van der Waals surface area (Å²) in [5.74, 6) is 0. The second kappa shape index (κ2) is 6.16. The van der Waals surface area contributed by atoms with E-state index in [1.807, 2.05) is 18.3 Å². The molecule has 0 unspecified atom stereocenters. The van der Waals surface area contributed by atoms with Gasteiger partial charge in [-0.05, 0) is 29.8 Å². The van der Waals surface area contributed by atoms with Crippen molar-refractivity contribution in [3.05, 3.63) is 65.5 Å². The molecule has 0 fully saturated rings. The molecule has 0 radical (unpaired) electrons. The van der Waals surface area contributed by atoms with Gasteiger partial charge in [-0.1, -0.05) is 37.3 Å². The average molecular weight is 226 g/mol. The van der Waals surface area contributed by atoms with Crippen molar-refractivity contribution in [2.75, 3.05) is 6.54 Å². The molecule has 1 heterocycles. The lowest BCUT2D eigenvalue weighted by Gasteiger charge is -2.09. The van der Waals surface area contributed by atoms with Crippen molar-refractivity contribution in [1.29, 1.82) is 0 Å². The molecule has 17 heavy (non-hydrogen) atoms. The van der Waals surface area contributed by atoms with Crippen LogP contribution in [0.4, 0.5) is 0 Å². The number of nitrogens with zero attached hydrogens (tertiary/aromatic N) is 1. The van der Waals surface area contributed by atoms with Crippen LogP contribution in [0.2, 0.25) is 0 Å². The second-order valence-corrected chi connectivity index (χ2v) is 4.05. The molecular formula is C15H18N2. The van der Waals surface area contributed by atoms with Gasteiger partial charge >= 0.3 is 0 Å². The van der Waals surface area contributed by atoms with E-state index in [2.05, 4.69) is 47.6 Å². The highest BCUT2D eigenvalue weighted by atomic mass is 14.8. The Morgan fingerprint density at radius 1 is 1.00 bits per heavy atom. The SMILES string of the molecule is CCNCc1ccccc1Cc1ccccn1. The van der Waals surface area contributed by atoms with Crippen LogP contribution in [0.3, 0.4) is 0 Å². The Bertz CT molecular complexity index is 451. The van der Waals surface area contributed by atoms with E-state index in [-0.39, 0.29) is 0 Å². The van der Waals surface area contributed by atoms with Gasteiger partial charge in [0.2, 0.25) is 0 Å². The van der Waals surface area contributed by atoms with Crippen molar-refractivity contribution in [2.24, 2.45) is 0 Å². The van der Waals surface area contributed by atoms with Crippen molar-refractivity contribution in [3.8, 4) is 0 Å². The Labute approximate surface area is 103 Å². The first kappa shape index (κ1) is 11.8. The fourth-order valence-corrected chi connectivity index (χ4v) is 1.86. The predicted octanol–water partition coefficient (Wildman–Crippen LogP) is 2.78. The average Bonchev–Trinajstić information content (AvgIpc) is 2.39. The van der Waals surface area contributed by atoms with E-state index >= 15 is 0 Å². The molecule has 0 saturated carbocycles. The van der Waals surface area contributed by atoms with E-state index in [1.165, 1.54) is 11.1 Å². The number of hydrogen-bond donors (Lipinski definition) is 1. The van der Waals surface area contributed by atoms with Crippen LogP contribution < -0.4 is 5.32 Å². The molecule has 0 aliphatic carbocycles. The van der Waals surface area contributed by atoms with E-state index in [0.29, 0.717) is 0 Å². The molecule has 1 aromatic carbocycles. The lowest BCUT2D eigenvalue weighted by molar-refractivity contribution is 0.721. The summed E-state index contributed by atoms with van der Waals surface area (Å²) < 4.78 is 0. The zero-order valence-electron chi connectivity index (χ0n) is 10.2. The van der Waals surface area contributed by atoms with Crippen molar-refractivity contribution in [2.45, 2.75) is 19.9 Å². The first-order valence-electron chi connectivity index (χ1n) is 6.07. The minimum absolute atomic E-state index is 0.905. The number of rotatable bonds is 5. The van der Waals surface area contributed by atoms with E-state index in [4.69, 9.17) is 0 Å². The standard InChI is InChI=1S/C15H18N2/c1-2-16-12-14-8-4-3-7-13(14)11-15-9-5-6-10-17-15/h3-10,16H,2,11-12H2,1H3. The van der Waals surface area contributed by atoms with Crippen LogP contribution in [-0.2, 0) is 13.0 Å². The first-order chi connectivity index (χ1) is 8.40. The zero-order chi connectivity index (χ0) is 11.9. The number of pyridine rings is 1. The van der Waals surface area contributed by atoms with Crippen LogP contribution in [0.1, 0.15) is 23.7 Å². The fraction of sp³-hybridized carbons (Fsp3) is 0.267. The quantitative estimate of drug-likeness (QED) is 0.848. The second-order valence-electron chi connectivity index (χ2n) is 4.05. The Balaban J connectivity index is 2.15. The highest BCUT2D eigenvalue weighted by molar-refractivity contribution is 5.30. The molecule has 2 nitrogen and oxygen atoms in total. The van der Waals surface area contributed by atoms with E-state index in [1.54, 1.807) is 0 Å². The van der Waals surface area contributed by atoms with Crippen LogP contribution in [-0.4, -0.2) is 11.5 Å². The summed E-state index contributed by atoms with van der Waals surface area (Å²) >= 11 is 0. The Kier molecular flexibility index (Phi) is 4.28. The van der Waals surface area contributed by atoms with Gasteiger partial charge in [0, 0.05) is 24.9 Å². The molecule has 0 saturated heterocycles. The molecule has 2 aromatic rings. The van der Waals surface area contributed by atoms with E-state index in [0.717, 1.165) is 25.2 Å². The molecule has 0 aliphatic rings. The maximum Gasteiger partial charge on any atom is 0.0447 e. The van der Waals surface area contributed by atoms with Gasteiger partial charge < -0.3 is 5.32 Å². The third kappa shape index (κ3) is 3.40. The molecule has 2 rings (SSSR count). The maximum atomic E-state index is 4.38. The number of hydrogen-bond acceptors (Lipinski definition) is 2. The third-order valence-corrected chi connectivity index (χ3v) is 2.78. The molecule has 0 atom stereocenters. The minimum Gasteiger partial charge on any atom is -0.313 e. The normalized spacial score (nSPS) is 10.4. The largest absolute Gasteiger partial charge is 0.313 e. The van der Waals surface area contributed by atoms with Gasteiger partial charge in [0.25, 0.3) is 0 Å². The summed E-state index contributed by atoms with van der Waals surface area (Å²) in [6.07, 6.45) is 2.75. The highest BCUT2D eigenvalue weighted by Crippen LogP contribution is 2.12. The molecule has 0 spiro atoms. The van der Waals surface area contributed by atoms with E-state index < -0.39 is 0 Å². The summed E-state index contributed by atoms with van der Waals surface area (Å²) in [7, 11) is 0. The lowest BCUT2D eigenvalue weighted by Crippen LogP contribution is -2.13. The molecule has 0 bridgehead atoms. The van der Waals surface area contributed by atoms with Crippen LogP contribution in [0, 0.1) is 0 Å². The van der Waals surface area contributed by atoms with Crippen LogP contribution >= 0.6 is 0 Å². The summed E-state index contributed by atoms with van der Waals surface area (Å²) in [6, 6.07) is 14.6. The highest BCUT2D eigenvalue weighted by Gasteiger charge is 2.02. The topological polar surface area (TPSA) is 24.9 Å². The van der Waals surface area contributed by atoms with Crippen LogP contribution in [0.15, 0.2) is 48.7 Å². The summed E-state index contributed by atoms with van der Waals surface area (Å²) in [5, 5.41) is 3.37. The smallest absolute Gasteiger partial charge is 0.0447 e. The Morgan fingerprint density at radius 3 is 2.47 bits per heavy atom. The maximum absolute atomic E-state index is 4.38. The minimum atomic E-state index is 0.905. The fourth-order valence-electron chi connectivity index (χ4n) is 1.86. The molecule has 1 N–H and O–H groups in total. The van der Waals surface area contributed by atoms with Crippen molar-refractivity contribution >= 4 is 0 Å².